The van der Waals surface area contributed by atoms with Gasteiger partial charge in [-0.05, 0) is 128 Å². The summed E-state index contributed by atoms with van der Waals surface area (Å²) in [4.78, 5) is 0. The Bertz CT molecular complexity index is 893. The van der Waals surface area contributed by atoms with Gasteiger partial charge in [0.1, 0.15) is 0 Å². The molecule has 0 N–H and O–H groups in total. The van der Waals surface area contributed by atoms with Crippen LogP contribution in [-0.4, -0.2) is 0 Å². The van der Waals surface area contributed by atoms with E-state index in [0.717, 1.165) is 53.4 Å². The Balaban J connectivity index is 0.00000149. The van der Waals surface area contributed by atoms with Crippen LogP contribution < -0.4 is 0 Å². The summed E-state index contributed by atoms with van der Waals surface area (Å²) in [6, 6.07) is 0. The first-order valence-corrected chi connectivity index (χ1v) is 15.8. The normalized spacial score (nSPS) is 39.8. The number of hydrogen-bond donors (Lipinski definition) is 0. The molecule has 0 spiro atoms. The van der Waals surface area contributed by atoms with Gasteiger partial charge in [-0.25, -0.2) is 0 Å². The summed E-state index contributed by atoms with van der Waals surface area (Å²) in [7, 11) is 0. The van der Waals surface area contributed by atoms with Crippen molar-refractivity contribution in [2.24, 2.45) is 58.2 Å². The first kappa shape index (κ1) is 35.8. The molecule has 5 aliphatic rings. The average Bonchev–Trinajstić information content (AvgIpc) is 3.08. The fourth-order valence-corrected chi connectivity index (χ4v) is 10.1. The van der Waals surface area contributed by atoms with Crippen molar-refractivity contribution >= 4 is 0 Å². The van der Waals surface area contributed by atoms with Gasteiger partial charge in [0.25, 0.3) is 0 Å². The van der Waals surface area contributed by atoms with Crippen LogP contribution in [0.5, 0.6) is 0 Å². The minimum Gasteiger partial charge on any atom is -0.115 e. The number of hydrogen-bond acceptors (Lipinski definition) is 0. The van der Waals surface area contributed by atoms with Crippen LogP contribution in [0.25, 0.3) is 0 Å². The molecule has 224 valence electrons. The first-order valence-electron chi connectivity index (χ1n) is 15.8. The molecule has 0 radical (unpaired) electrons. The van der Waals surface area contributed by atoms with Gasteiger partial charge in [-0.2, -0.15) is 0 Å². The van der Waals surface area contributed by atoms with Crippen molar-refractivity contribution < 1.29 is 0 Å². The molecule has 5 aliphatic carbocycles. The van der Waals surface area contributed by atoms with Crippen LogP contribution in [0, 0.1) is 70.5 Å². The highest BCUT2D eigenvalue weighted by atomic mass is 14.6. The van der Waals surface area contributed by atoms with Gasteiger partial charge in [0.2, 0.25) is 0 Å². The lowest BCUT2D eigenvalue weighted by atomic mass is 9.47. The molecule has 0 aromatic rings. The summed E-state index contributed by atoms with van der Waals surface area (Å²) in [5, 5.41) is 0. The highest BCUT2D eigenvalue weighted by Gasteiger charge is 2.58. The highest BCUT2D eigenvalue weighted by molar-refractivity contribution is 5.39. The third kappa shape index (κ3) is 6.65. The predicted octanol–water partition coefficient (Wildman–Crippen LogP) is 12.3. The second-order valence-corrected chi connectivity index (χ2v) is 13.8. The number of fused-ring (bicyclic) bond motifs is 5. The first-order chi connectivity index (χ1) is 17.3. The molecule has 0 amide bonds. The fourth-order valence-electron chi connectivity index (χ4n) is 10.1. The predicted molar refractivity (Wildman–Crippen MR) is 178 cm³/mol. The van der Waals surface area contributed by atoms with Gasteiger partial charge in [0, 0.05) is 5.57 Å². The highest BCUT2D eigenvalue weighted by Crippen LogP contribution is 2.66. The summed E-state index contributed by atoms with van der Waals surface area (Å²) in [6.07, 6.45) is 30.7. The Kier molecular flexibility index (Phi) is 13.4. The van der Waals surface area contributed by atoms with Crippen LogP contribution in [0.15, 0.2) is 35.5 Å². The molecule has 2 unspecified atom stereocenters. The molecule has 0 aromatic heterocycles. The van der Waals surface area contributed by atoms with E-state index in [1.54, 1.807) is 0 Å². The topological polar surface area (TPSA) is 0 Å². The smallest absolute Gasteiger partial charge is 0.00554 e. The van der Waals surface area contributed by atoms with E-state index in [2.05, 4.69) is 64.8 Å². The van der Waals surface area contributed by atoms with E-state index in [-0.39, 0.29) is 22.3 Å². The summed E-state index contributed by atoms with van der Waals surface area (Å²) in [5.41, 5.74) is 3.79. The van der Waals surface area contributed by atoms with Gasteiger partial charge in [0.15, 0.2) is 0 Å². The second-order valence-electron chi connectivity index (χ2n) is 13.8. The minimum absolute atomic E-state index is 0. The largest absolute Gasteiger partial charge is 0.115 e. The molecular formula is C39H68. The van der Waals surface area contributed by atoms with Gasteiger partial charge >= 0.3 is 0 Å². The Morgan fingerprint density at radius 3 is 2.26 bits per heavy atom. The fraction of sp³-hybridized carbons (Fsp3) is 0.795. The van der Waals surface area contributed by atoms with Crippen LogP contribution in [0.4, 0.5) is 0 Å². The summed E-state index contributed by atoms with van der Waals surface area (Å²) in [5.74, 6) is 10.2. The van der Waals surface area contributed by atoms with Crippen molar-refractivity contribution in [3.05, 3.63) is 35.5 Å². The molecule has 0 aromatic carbocycles. The average molecular weight is 537 g/mol. The number of terminal acetylenes is 1. The van der Waals surface area contributed by atoms with Gasteiger partial charge in [-0.15, -0.1) is 6.42 Å². The van der Waals surface area contributed by atoms with Crippen molar-refractivity contribution in [3.63, 3.8) is 0 Å². The van der Waals surface area contributed by atoms with Gasteiger partial charge in [0.05, 0.1) is 0 Å². The quantitative estimate of drug-likeness (QED) is 0.313. The SMILES string of the molecule is C.C.C.C#CC1=CC=C(C(C)[C@H](C)[C@H]2CC[C@H]3[C@@H]4CC[C@@H]5C[C@@](C)(CC)CCC5[C@H]4CC[C@]23C)C=CC1.CC. The molecule has 4 fully saturated rings. The van der Waals surface area contributed by atoms with Crippen molar-refractivity contribution in [2.45, 2.75) is 141 Å². The molecule has 10 atom stereocenters. The number of rotatable bonds is 4. The van der Waals surface area contributed by atoms with E-state index < -0.39 is 0 Å². The molecule has 0 aliphatic heterocycles. The third-order valence-corrected chi connectivity index (χ3v) is 12.5. The Morgan fingerprint density at radius 1 is 0.897 bits per heavy atom. The maximum atomic E-state index is 5.68. The van der Waals surface area contributed by atoms with E-state index in [4.69, 9.17) is 6.42 Å². The maximum absolute atomic E-state index is 5.68. The standard InChI is InChI=1S/C34H50.C2H6.3CH4/c1-7-25-10-9-11-26(13-12-25)23(3)24(4)31-16-17-32-30-15-14-27-22-33(5,8-2)20-18-28(27)29(30)19-21-34(31,32)6;1-2;;;/h1,9,11-13,23-24,27-32H,8,10,14-22H2,2-6H3;1-2H3;3*1H4/t23?,24-,27+,28?,29+,30+,31+,32-,33-,34+;;;;/m0..../s1. The van der Waals surface area contributed by atoms with Crippen LogP contribution in [0.3, 0.4) is 0 Å². The van der Waals surface area contributed by atoms with E-state index in [1.165, 1.54) is 69.8 Å². The van der Waals surface area contributed by atoms with Crippen molar-refractivity contribution in [1.29, 1.82) is 0 Å². The lowest BCUT2D eigenvalue weighted by molar-refractivity contribution is -0.0845. The molecule has 39 heavy (non-hydrogen) atoms. The summed E-state index contributed by atoms with van der Waals surface area (Å²) >= 11 is 0. The Labute approximate surface area is 247 Å². The van der Waals surface area contributed by atoms with E-state index in [0.29, 0.717) is 16.7 Å². The maximum Gasteiger partial charge on any atom is 0.00554 e. The van der Waals surface area contributed by atoms with Gasteiger partial charge in [-0.1, -0.05) is 107 Å². The molecular weight excluding hydrogens is 468 g/mol. The van der Waals surface area contributed by atoms with Crippen LogP contribution in [0.2, 0.25) is 0 Å². The molecule has 4 saturated carbocycles. The van der Waals surface area contributed by atoms with Crippen molar-refractivity contribution in [1.82, 2.24) is 0 Å². The van der Waals surface area contributed by atoms with Crippen LogP contribution in [-0.2, 0) is 0 Å². The van der Waals surface area contributed by atoms with Crippen LogP contribution >= 0.6 is 0 Å². The minimum atomic E-state index is 0. The van der Waals surface area contributed by atoms with Crippen molar-refractivity contribution in [2.75, 3.05) is 0 Å². The molecule has 0 saturated heterocycles. The zero-order valence-corrected chi connectivity index (χ0v) is 24.8. The molecule has 0 bridgehead atoms. The Hall–Kier alpha value is -1.22. The Morgan fingerprint density at radius 2 is 1.59 bits per heavy atom. The molecule has 0 heterocycles. The van der Waals surface area contributed by atoms with Crippen molar-refractivity contribution in [3.8, 4) is 12.3 Å². The lowest BCUT2D eigenvalue weighted by Gasteiger charge is -2.58. The van der Waals surface area contributed by atoms with Gasteiger partial charge < -0.3 is 0 Å². The zero-order valence-electron chi connectivity index (χ0n) is 24.8. The number of allylic oxidation sites excluding steroid dienone is 6. The van der Waals surface area contributed by atoms with E-state index in [9.17, 15) is 0 Å². The van der Waals surface area contributed by atoms with Gasteiger partial charge in [-0.3, -0.25) is 0 Å². The monoisotopic (exact) mass is 537 g/mol. The third-order valence-electron chi connectivity index (χ3n) is 12.5. The second kappa shape index (κ2) is 14.6. The molecule has 0 nitrogen and oxygen atoms in total. The van der Waals surface area contributed by atoms with E-state index >= 15 is 0 Å². The molecule has 0 heteroatoms. The molecule has 5 rings (SSSR count). The zero-order chi connectivity index (χ0) is 26.1. The summed E-state index contributed by atoms with van der Waals surface area (Å²) < 4.78 is 0. The summed E-state index contributed by atoms with van der Waals surface area (Å²) in [6.45, 7) is 16.8. The lowest BCUT2D eigenvalue weighted by Crippen LogP contribution is -2.50. The van der Waals surface area contributed by atoms with Crippen LogP contribution in [0.1, 0.15) is 141 Å². The van der Waals surface area contributed by atoms with E-state index in [1.807, 2.05) is 13.8 Å².